The summed E-state index contributed by atoms with van der Waals surface area (Å²) < 4.78 is 0. The summed E-state index contributed by atoms with van der Waals surface area (Å²) in [6.45, 7) is 5.42. The highest BCUT2D eigenvalue weighted by Gasteiger charge is 2.22. The molecule has 2 aromatic carbocycles. The fourth-order valence-corrected chi connectivity index (χ4v) is 3.09. The molecule has 0 aliphatic heterocycles. The molecule has 2 rings (SSSR count). The lowest BCUT2D eigenvalue weighted by Crippen LogP contribution is -2.39. The van der Waals surface area contributed by atoms with Gasteiger partial charge in [-0.25, -0.2) is 0 Å². The van der Waals surface area contributed by atoms with E-state index in [2.05, 4.69) is 5.32 Å². The number of hydrogen-bond donors (Lipinski definition) is 1. The van der Waals surface area contributed by atoms with Crippen molar-refractivity contribution in [2.45, 2.75) is 20.8 Å². The molecule has 1 N–H and O–H groups in total. The Kier molecular flexibility index (Phi) is 7.18. The number of carbonyl (C=O) groups is 2. The normalized spacial score (nSPS) is 10.4. The second-order valence-corrected chi connectivity index (χ2v) is 6.55. The summed E-state index contributed by atoms with van der Waals surface area (Å²) in [6.07, 6.45) is 0. The molecule has 0 radical (unpaired) electrons. The number of likely N-dealkylation sites (N-methyl/N-ethyl adjacent to an activating group) is 1. The number of nitro groups is 2. The molecular formula is C20H22N4O6. The van der Waals surface area contributed by atoms with Crippen molar-refractivity contribution >= 4 is 23.2 Å². The Bertz CT molecular complexity index is 1000. The molecule has 0 aromatic heterocycles. The minimum atomic E-state index is -0.551. The van der Waals surface area contributed by atoms with Gasteiger partial charge in [0.25, 0.3) is 23.2 Å². The second-order valence-electron chi connectivity index (χ2n) is 6.55. The van der Waals surface area contributed by atoms with Crippen molar-refractivity contribution < 1.29 is 19.4 Å². The van der Waals surface area contributed by atoms with Crippen LogP contribution in [0.2, 0.25) is 0 Å². The van der Waals surface area contributed by atoms with Gasteiger partial charge in [-0.1, -0.05) is 12.1 Å². The third-order valence-corrected chi connectivity index (χ3v) is 4.82. The predicted octanol–water partition coefficient (Wildman–Crippen LogP) is 3.01. The molecule has 2 amide bonds. The predicted molar refractivity (Wildman–Crippen MR) is 110 cm³/mol. The van der Waals surface area contributed by atoms with Crippen LogP contribution in [0.4, 0.5) is 11.4 Å². The van der Waals surface area contributed by atoms with Gasteiger partial charge in [0, 0.05) is 54.0 Å². The van der Waals surface area contributed by atoms with Gasteiger partial charge in [-0.15, -0.1) is 0 Å². The van der Waals surface area contributed by atoms with Gasteiger partial charge < -0.3 is 10.2 Å². The fourth-order valence-electron chi connectivity index (χ4n) is 3.09. The van der Waals surface area contributed by atoms with E-state index in [1.54, 1.807) is 6.92 Å². The highest BCUT2D eigenvalue weighted by molar-refractivity contribution is 5.97. The first-order chi connectivity index (χ1) is 14.2. The first-order valence-corrected chi connectivity index (χ1v) is 9.24. The van der Waals surface area contributed by atoms with Crippen molar-refractivity contribution in [1.82, 2.24) is 10.2 Å². The molecule has 10 heteroatoms. The molecule has 0 aliphatic carbocycles. The highest BCUT2D eigenvalue weighted by atomic mass is 16.6. The van der Waals surface area contributed by atoms with Crippen molar-refractivity contribution in [2.24, 2.45) is 0 Å². The average Bonchev–Trinajstić information content (AvgIpc) is 2.70. The molecule has 0 fully saturated rings. The summed E-state index contributed by atoms with van der Waals surface area (Å²) in [5.74, 6) is -0.856. The van der Waals surface area contributed by atoms with E-state index in [1.807, 2.05) is 0 Å². The Hall–Kier alpha value is -3.82. The summed E-state index contributed by atoms with van der Waals surface area (Å²) >= 11 is 0. The molecule has 0 saturated heterocycles. The van der Waals surface area contributed by atoms with Gasteiger partial charge in [0.1, 0.15) is 0 Å². The van der Waals surface area contributed by atoms with Gasteiger partial charge >= 0.3 is 0 Å². The molecule has 30 heavy (non-hydrogen) atoms. The quantitative estimate of drug-likeness (QED) is 0.521. The molecule has 0 atom stereocenters. The third kappa shape index (κ3) is 4.77. The third-order valence-electron chi connectivity index (χ3n) is 4.82. The largest absolute Gasteiger partial charge is 0.350 e. The van der Waals surface area contributed by atoms with Crippen LogP contribution in [0.25, 0.3) is 0 Å². The van der Waals surface area contributed by atoms with Crippen LogP contribution in [-0.4, -0.2) is 46.2 Å². The molecule has 10 nitrogen and oxygen atoms in total. The van der Waals surface area contributed by atoms with Gasteiger partial charge in [0.2, 0.25) is 0 Å². The van der Waals surface area contributed by atoms with E-state index in [0.29, 0.717) is 6.54 Å². The van der Waals surface area contributed by atoms with Crippen LogP contribution < -0.4 is 5.32 Å². The molecule has 0 heterocycles. The monoisotopic (exact) mass is 414 g/mol. The number of hydrogen-bond acceptors (Lipinski definition) is 6. The second kappa shape index (κ2) is 9.59. The summed E-state index contributed by atoms with van der Waals surface area (Å²) in [6, 6.07) is 8.58. The van der Waals surface area contributed by atoms with Crippen molar-refractivity contribution in [3.63, 3.8) is 0 Å². The minimum absolute atomic E-state index is 0.120. The van der Waals surface area contributed by atoms with Crippen LogP contribution in [-0.2, 0) is 0 Å². The van der Waals surface area contributed by atoms with Crippen molar-refractivity contribution in [1.29, 1.82) is 0 Å². The smallest absolute Gasteiger partial charge is 0.273 e. The summed E-state index contributed by atoms with van der Waals surface area (Å²) in [5.41, 5.74) is 0.679. The van der Waals surface area contributed by atoms with E-state index < -0.39 is 15.8 Å². The lowest BCUT2D eigenvalue weighted by atomic mass is 10.1. The zero-order valence-electron chi connectivity index (χ0n) is 16.9. The fraction of sp³-hybridized carbons (Fsp3) is 0.300. The van der Waals surface area contributed by atoms with Gasteiger partial charge in [-0.05, 0) is 32.9 Å². The number of nitrogens with zero attached hydrogens (tertiary/aromatic N) is 3. The van der Waals surface area contributed by atoms with Crippen LogP contribution >= 0.6 is 0 Å². The summed E-state index contributed by atoms with van der Waals surface area (Å²) in [4.78, 5) is 47.7. The highest BCUT2D eigenvalue weighted by Crippen LogP contribution is 2.23. The SMILES string of the molecule is CCN(CCNC(=O)c1cccc([N+](=O)[O-])c1C)C(=O)c1cccc([N+](=O)[O-])c1C. The van der Waals surface area contributed by atoms with Crippen LogP contribution in [0.5, 0.6) is 0 Å². The van der Waals surface area contributed by atoms with Gasteiger partial charge in [-0.2, -0.15) is 0 Å². The molecule has 2 aromatic rings. The maximum absolute atomic E-state index is 12.8. The molecule has 0 bridgehead atoms. The Morgan fingerprint density at radius 1 is 0.933 bits per heavy atom. The lowest BCUT2D eigenvalue weighted by Gasteiger charge is -2.22. The van der Waals surface area contributed by atoms with E-state index in [-0.39, 0.29) is 52.6 Å². The maximum atomic E-state index is 12.8. The van der Waals surface area contributed by atoms with Gasteiger partial charge in [-0.3, -0.25) is 29.8 Å². The Balaban J connectivity index is 2.08. The number of nitrogens with one attached hydrogen (secondary N) is 1. The first kappa shape index (κ1) is 22.5. The number of nitro benzene ring substituents is 2. The van der Waals surface area contributed by atoms with E-state index in [1.165, 1.54) is 55.1 Å². The number of rotatable bonds is 8. The Labute approximate surface area is 172 Å². The molecule has 0 aliphatic rings. The Morgan fingerprint density at radius 2 is 1.43 bits per heavy atom. The number of carbonyl (C=O) groups excluding carboxylic acids is 2. The summed E-state index contributed by atoms with van der Waals surface area (Å²) in [5, 5.41) is 24.8. The van der Waals surface area contributed by atoms with Crippen molar-refractivity contribution in [3.8, 4) is 0 Å². The van der Waals surface area contributed by atoms with Gasteiger partial charge in [0.15, 0.2) is 0 Å². The molecule has 0 unspecified atom stereocenters. The molecule has 0 saturated carbocycles. The average molecular weight is 414 g/mol. The molecule has 0 spiro atoms. The van der Waals surface area contributed by atoms with Crippen molar-refractivity contribution in [3.05, 3.63) is 78.9 Å². The first-order valence-electron chi connectivity index (χ1n) is 9.24. The topological polar surface area (TPSA) is 136 Å². The number of benzene rings is 2. The van der Waals surface area contributed by atoms with Crippen LogP contribution in [0.1, 0.15) is 38.8 Å². The van der Waals surface area contributed by atoms with E-state index >= 15 is 0 Å². The number of amides is 2. The van der Waals surface area contributed by atoms with Crippen LogP contribution in [0, 0.1) is 34.1 Å². The maximum Gasteiger partial charge on any atom is 0.273 e. The molecule has 158 valence electrons. The minimum Gasteiger partial charge on any atom is -0.350 e. The van der Waals surface area contributed by atoms with Crippen molar-refractivity contribution in [2.75, 3.05) is 19.6 Å². The van der Waals surface area contributed by atoms with Crippen LogP contribution in [0.3, 0.4) is 0 Å². The van der Waals surface area contributed by atoms with E-state index in [4.69, 9.17) is 0 Å². The zero-order valence-corrected chi connectivity index (χ0v) is 16.9. The zero-order chi connectivity index (χ0) is 22.4. The Morgan fingerprint density at radius 3 is 1.93 bits per heavy atom. The lowest BCUT2D eigenvalue weighted by molar-refractivity contribution is -0.385. The van der Waals surface area contributed by atoms with E-state index in [9.17, 15) is 29.8 Å². The summed E-state index contributed by atoms with van der Waals surface area (Å²) in [7, 11) is 0. The molecular weight excluding hydrogens is 392 g/mol. The van der Waals surface area contributed by atoms with Gasteiger partial charge in [0.05, 0.1) is 9.85 Å². The standard InChI is InChI=1S/C20H22N4O6/c1-4-22(20(26)16-8-6-10-18(14(16)3)24(29)30)12-11-21-19(25)15-7-5-9-17(13(15)2)23(27)28/h5-10H,4,11-12H2,1-3H3,(H,21,25). The van der Waals surface area contributed by atoms with E-state index in [0.717, 1.165) is 0 Å². The van der Waals surface area contributed by atoms with Crippen LogP contribution in [0.15, 0.2) is 36.4 Å².